The molecular weight excluding hydrogens is 448 g/mol. The van der Waals surface area contributed by atoms with Crippen molar-refractivity contribution in [3.63, 3.8) is 0 Å². The molecule has 36 heavy (non-hydrogen) atoms. The highest BCUT2D eigenvalue weighted by Gasteiger charge is 2.30. The molecule has 0 radical (unpaired) electrons. The van der Waals surface area contributed by atoms with Crippen molar-refractivity contribution < 1.29 is 8.83 Å². The van der Waals surface area contributed by atoms with Gasteiger partial charge in [0.2, 0.25) is 0 Å². The molecule has 6 heteroatoms. The zero-order chi connectivity index (χ0) is 24.2. The number of aromatic nitrogens is 1. The Morgan fingerprint density at radius 3 is 1.94 bits per heavy atom. The van der Waals surface area contributed by atoms with E-state index < -0.39 is 0 Å². The molecule has 0 amide bonds. The van der Waals surface area contributed by atoms with Gasteiger partial charge in [-0.1, -0.05) is 0 Å². The second-order valence-electron chi connectivity index (χ2n) is 10.9. The molecule has 3 aliphatic heterocycles. The van der Waals surface area contributed by atoms with E-state index in [0.717, 1.165) is 50.4 Å². The smallest absolute Gasteiger partial charge is 0.109 e. The van der Waals surface area contributed by atoms with Crippen molar-refractivity contribution in [2.45, 2.75) is 70.9 Å². The van der Waals surface area contributed by atoms with Crippen molar-refractivity contribution >= 4 is 5.69 Å². The molecule has 0 aliphatic carbocycles. The molecule has 3 fully saturated rings. The Morgan fingerprint density at radius 2 is 1.28 bits per heavy atom. The van der Waals surface area contributed by atoms with Crippen molar-refractivity contribution in [2.75, 3.05) is 50.7 Å². The van der Waals surface area contributed by atoms with Gasteiger partial charge in [0.15, 0.2) is 0 Å². The summed E-state index contributed by atoms with van der Waals surface area (Å²) in [5, 5.41) is 0. The summed E-state index contributed by atoms with van der Waals surface area (Å²) in [4.78, 5) is 8.07. The van der Waals surface area contributed by atoms with Gasteiger partial charge in [-0.25, -0.2) is 0 Å². The summed E-state index contributed by atoms with van der Waals surface area (Å²) in [6.07, 6.45) is 14.5. The van der Waals surface area contributed by atoms with E-state index in [-0.39, 0.29) is 0 Å². The number of aryl methyl sites for hydroxylation is 1. The predicted octanol–water partition coefficient (Wildman–Crippen LogP) is 5.34. The van der Waals surface area contributed by atoms with Gasteiger partial charge in [0.25, 0.3) is 0 Å². The van der Waals surface area contributed by atoms with E-state index in [1.807, 2.05) is 18.4 Å². The third-order valence-corrected chi connectivity index (χ3v) is 8.51. The molecule has 6 heterocycles. The SMILES string of the molecule is c1coc(CCn2c(CCN3CCCC3)c(CN3CCCC3)c(N3CCCC3)c2Cc2ccco2)c1. The number of anilines is 1. The molecule has 0 saturated carbocycles. The van der Waals surface area contributed by atoms with Gasteiger partial charge in [-0.2, -0.15) is 0 Å². The van der Waals surface area contributed by atoms with Crippen LogP contribution >= 0.6 is 0 Å². The van der Waals surface area contributed by atoms with E-state index >= 15 is 0 Å². The van der Waals surface area contributed by atoms with Crippen LogP contribution in [0.2, 0.25) is 0 Å². The fourth-order valence-electron chi connectivity index (χ4n) is 6.67. The first-order chi connectivity index (χ1) is 17.8. The van der Waals surface area contributed by atoms with E-state index in [9.17, 15) is 0 Å². The first-order valence-electron chi connectivity index (χ1n) is 14.3. The van der Waals surface area contributed by atoms with Crippen LogP contribution in [0.4, 0.5) is 5.69 Å². The number of furan rings is 2. The Kier molecular flexibility index (Phi) is 7.51. The van der Waals surface area contributed by atoms with Gasteiger partial charge in [-0.3, -0.25) is 4.90 Å². The van der Waals surface area contributed by atoms with Crippen LogP contribution in [0.25, 0.3) is 0 Å². The van der Waals surface area contributed by atoms with Gasteiger partial charge in [0.05, 0.1) is 18.2 Å². The summed E-state index contributed by atoms with van der Waals surface area (Å²) in [6.45, 7) is 10.5. The van der Waals surface area contributed by atoms with Crippen LogP contribution in [0.3, 0.4) is 0 Å². The summed E-state index contributed by atoms with van der Waals surface area (Å²) < 4.78 is 14.4. The third kappa shape index (κ3) is 5.30. The van der Waals surface area contributed by atoms with Gasteiger partial charge in [0, 0.05) is 68.9 Å². The maximum atomic E-state index is 5.92. The van der Waals surface area contributed by atoms with E-state index in [0.29, 0.717) is 0 Å². The standard InChI is InChI=1S/C30H42N4O2/c1-2-14-31(13-1)19-12-28-27(24-32-15-3-4-16-32)30(33-17-5-6-18-33)29(23-26-10-8-22-36-26)34(28)20-11-25-9-7-21-35-25/h7-10,21-22H,1-6,11-20,23-24H2. The first kappa shape index (κ1) is 23.9. The van der Waals surface area contributed by atoms with Gasteiger partial charge in [-0.15, -0.1) is 0 Å². The van der Waals surface area contributed by atoms with E-state index in [2.05, 4.69) is 31.4 Å². The molecule has 0 spiro atoms. The molecule has 0 N–H and O–H groups in total. The summed E-state index contributed by atoms with van der Waals surface area (Å²) in [6, 6.07) is 8.30. The van der Waals surface area contributed by atoms with Crippen molar-refractivity contribution in [1.29, 1.82) is 0 Å². The maximum absolute atomic E-state index is 5.92. The molecule has 3 aromatic heterocycles. The van der Waals surface area contributed by atoms with Crippen LogP contribution in [0.15, 0.2) is 45.6 Å². The average molecular weight is 491 g/mol. The lowest BCUT2D eigenvalue weighted by Gasteiger charge is -2.24. The molecular formula is C30H42N4O2. The lowest BCUT2D eigenvalue weighted by molar-refractivity contribution is 0.323. The lowest BCUT2D eigenvalue weighted by Crippen LogP contribution is -2.25. The van der Waals surface area contributed by atoms with Gasteiger partial charge in [0.1, 0.15) is 11.5 Å². The number of hydrogen-bond acceptors (Lipinski definition) is 5. The predicted molar refractivity (Wildman–Crippen MR) is 144 cm³/mol. The minimum absolute atomic E-state index is 0.855. The Hall–Kier alpha value is -2.44. The number of likely N-dealkylation sites (tertiary alicyclic amines) is 2. The van der Waals surface area contributed by atoms with Crippen LogP contribution < -0.4 is 4.90 Å². The van der Waals surface area contributed by atoms with Crippen molar-refractivity contribution in [2.24, 2.45) is 0 Å². The fourth-order valence-corrected chi connectivity index (χ4v) is 6.67. The zero-order valence-electron chi connectivity index (χ0n) is 21.8. The normalized spacial score (nSPS) is 19.3. The minimum atomic E-state index is 0.855. The second kappa shape index (κ2) is 11.3. The maximum Gasteiger partial charge on any atom is 0.109 e. The highest BCUT2D eigenvalue weighted by Crippen LogP contribution is 2.38. The van der Waals surface area contributed by atoms with Gasteiger partial charge >= 0.3 is 0 Å². The summed E-state index contributed by atoms with van der Waals surface area (Å²) in [7, 11) is 0. The summed E-state index contributed by atoms with van der Waals surface area (Å²) >= 11 is 0. The van der Waals surface area contributed by atoms with E-state index in [4.69, 9.17) is 8.83 Å². The highest BCUT2D eigenvalue weighted by atomic mass is 16.3. The fraction of sp³-hybridized carbons (Fsp3) is 0.600. The third-order valence-electron chi connectivity index (χ3n) is 8.51. The number of hydrogen-bond donors (Lipinski definition) is 0. The molecule has 0 aromatic carbocycles. The van der Waals surface area contributed by atoms with Gasteiger partial charge < -0.3 is 23.2 Å². The number of nitrogens with zero attached hydrogens (tertiary/aromatic N) is 4. The van der Waals surface area contributed by atoms with Crippen molar-refractivity contribution in [3.05, 3.63) is 65.3 Å². The van der Waals surface area contributed by atoms with Crippen molar-refractivity contribution in [1.82, 2.24) is 14.4 Å². The van der Waals surface area contributed by atoms with E-state index in [1.165, 1.54) is 89.2 Å². The number of rotatable bonds is 11. The largest absolute Gasteiger partial charge is 0.469 e. The molecule has 3 saturated heterocycles. The lowest BCUT2D eigenvalue weighted by atomic mass is 10.1. The Balaban J connectivity index is 1.42. The summed E-state index contributed by atoms with van der Waals surface area (Å²) in [5.74, 6) is 2.13. The molecule has 3 aliphatic rings. The zero-order valence-corrected chi connectivity index (χ0v) is 21.8. The second-order valence-corrected chi connectivity index (χ2v) is 10.9. The summed E-state index contributed by atoms with van der Waals surface area (Å²) in [5.41, 5.74) is 6.12. The van der Waals surface area contributed by atoms with Crippen LogP contribution in [0.1, 0.15) is 67.0 Å². The van der Waals surface area contributed by atoms with E-state index in [1.54, 1.807) is 17.5 Å². The highest BCUT2D eigenvalue weighted by molar-refractivity contribution is 5.63. The Morgan fingerprint density at radius 1 is 0.639 bits per heavy atom. The molecule has 6 rings (SSSR count). The topological polar surface area (TPSA) is 40.9 Å². The Labute approximate surface area is 215 Å². The molecule has 6 nitrogen and oxygen atoms in total. The van der Waals surface area contributed by atoms with Crippen molar-refractivity contribution in [3.8, 4) is 0 Å². The van der Waals surface area contributed by atoms with Crippen LogP contribution in [0, 0.1) is 0 Å². The molecule has 194 valence electrons. The molecule has 0 bridgehead atoms. The Bertz CT molecular complexity index is 1070. The monoisotopic (exact) mass is 490 g/mol. The minimum Gasteiger partial charge on any atom is -0.469 e. The quantitative estimate of drug-likeness (QED) is 0.363. The van der Waals surface area contributed by atoms with Gasteiger partial charge in [-0.05, 0) is 89.0 Å². The first-order valence-corrected chi connectivity index (χ1v) is 14.3. The molecule has 0 atom stereocenters. The molecule has 0 unspecified atom stereocenters. The average Bonchev–Trinajstić information content (AvgIpc) is 3.70. The van der Waals surface area contributed by atoms with Crippen LogP contribution in [0.5, 0.6) is 0 Å². The van der Waals surface area contributed by atoms with Crippen LogP contribution in [-0.2, 0) is 32.4 Å². The molecule has 3 aromatic rings. The van der Waals surface area contributed by atoms with Crippen LogP contribution in [-0.4, -0.2) is 60.2 Å².